The molecule has 0 aliphatic heterocycles. The standard InChI is InChI=1S/C20H23N3O4/c1-13-6-8-14(9-7-13)12-22-19(26)15-4-2-3-5-17(15)23-20(27)16(21)10-11-18(24)25/h2-9,16H,10-12,21H2,1H3,(H,22,26)(H,23,27)(H,24,25)/t16-/m0/s1. The summed E-state index contributed by atoms with van der Waals surface area (Å²) in [5.41, 5.74) is 8.45. The van der Waals surface area contributed by atoms with Crippen LogP contribution in [-0.2, 0) is 16.1 Å². The van der Waals surface area contributed by atoms with Crippen molar-refractivity contribution in [1.29, 1.82) is 0 Å². The molecule has 5 N–H and O–H groups in total. The Bertz CT molecular complexity index is 818. The Morgan fingerprint density at radius 1 is 1.07 bits per heavy atom. The Balaban J connectivity index is 2.01. The summed E-state index contributed by atoms with van der Waals surface area (Å²) in [5, 5.41) is 14.1. The fourth-order valence-electron chi connectivity index (χ4n) is 2.41. The van der Waals surface area contributed by atoms with Crippen LogP contribution in [0.25, 0.3) is 0 Å². The van der Waals surface area contributed by atoms with Crippen LogP contribution in [0.15, 0.2) is 48.5 Å². The van der Waals surface area contributed by atoms with Crippen LogP contribution in [0, 0.1) is 6.92 Å². The van der Waals surface area contributed by atoms with Gasteiger partial charge in [0, 0.05) is 13.0 Å². The van der Waals surface area contributed by atoms with Crippen molar-refractivity contribution >= 4 is 23.5 Å². The zero-order chi connectivity index (χ0) is 19.8. The predicted molar refractivity (Wildman–Crippen MR) is 102 cm³/mol. The summed E-state index contributed by atoms with van der Waals surface area (Å²) in [6.45, 7) is 2.35. The van der Waals surface area contributed by atoms with E-state index in [9.17, 15) is 14.4 Å². The van der Waals surface area contributed by atoms with Crippen LogP contribution < -0.4 is 16.4 Å². The lowest BCUT2D eigenvalue weighted by atomic mass is 10.1. The van der Waals surface area contributed by atoms with E-state index < -0.39 is 17.9 Å². The van der Waals surface area contributed by atoms with Gasteiger partial charge in [-0.25, -0.2) is 0 Å². The van der Waals surface area contributed by atoms with Crippen LogP contribution in [0.4, 0.5) is 5.69 Å². The maximum absolute atomic E-state index is 12.5. The number of anilines is 1. The Labute approximate surface area is 157 Å². The molecule has 0 bridgehead atoms. The molecular weight excluding hydrogens is 346 g/mol. The van der Waals surface area contributed by atoms with Crippen molar-refractivity contribution in [2.24, 2.45) is 5.73 Å². The normalized spacial score (nSPS) is 11.5. The highest BCUT2D eigenvalue weighted by Crippen LogP contribution is 2.16. The first-order valence-corrected chi connectivity index (χ1v) is 8.58. The van der Waals surface area contributed by atoms with Gasteiger partial charge >= 0.3 is 5.97 Å². The van der Waals surface area contributed by atoms with Gasteiger partial charge in [0.05, 0.1) is 17.3 Å². The molecule has 2 amide bonds. The molecule has 0 aliphatic carbocycles. The fraction of sp³-hybridized carbons (Fsp3) is 0.250. The second-order valence-electron chi connectivity index (χ2n) is 6.24. The van der Waals surface area contributed by atoms with Gasteiger partial charge < -0.3 is 21.5 Å². The topological polar surface area (TPSA) is 122 Å². The summed E-state index contributed by atoms with van der Waals surface area (Å²) in [6, 6.07) is 13.4. The number of hydrogen-bond acceptors (Lipinski definition) is 4. The van der Waals surface area contributed by atoms with Crippen LogP contribution in [0.1, 0.15) is 34.3 Å². The third-order valence-electron chi connectivity index (χ3n) is 4.01. The van der Waals surface area contributed by atoms with E-state index in [0.717, 1.165) is 11.1 Å². The summed E-state index contributed by atoms with van der Waals surface area (Å²) >= 11 is 0. The van der Waals surface area contributed by atoms with E-state index in [1.165, 1.54) is 0 Å². The van der Waals surface area contributed by atoms with E-state index in [-0.39, 0.29) is 18.7 Å². The van der Waals surface area contributed by atoms with Crippen LogP contribution in [0.3, 0.4) is 0 Å². The molecule has 0 aromatic heterocycles. The molecule has 142 valence electrons. The molecule has 0 aliphatic rings. The maximum atomic E-state index is 12.5. The van der Waals surface area contributed by atoms with Crippen molar-refractivity contribution in [2.45, 2.75) is 32.4 Å². The van der Waals surface area contributed by atoms with Gasteiger partial charge in [-0.2, -0.15) is 0 Å². The Morgan fingerprint density at radius 3 is 2.41 bits per heavy atom. The highest BCUT2D eigenvalue weighted by atomic mass is 16.4. The van der Waals surface area contributed by atoms with Gasteiger partial charge in [0.25, 0.3) is 5.91 Å². The largest absolute Gasteiger partial charge is 0.481 e. The lowest BCUT2D eigenvalue weighted by Crippen LogP contribution is -2.36. The average molecular weight is 369 g/mol. The molecule has 0 unspecified atom stereocenters. The van der Waals surface area contributed by atoms with Gasteiger partial charge in [0.2, 0.25) is 5.91 Å². The Hall–Kier alpha value is -3.19. The van der Waals surface area contributed by atoms with Crippen LogP contribution >= 0.6 is 0 Å². The highest BCUT2D eigenvalue weighted by Gasteiger charge is 2.18. The van der Waals surface area contributed by atoms with Gasteiger partial charge in [-0.05, 0) is 31.0 Å². The minimum atomic E-state index is -1.02. The highest BCUT2D eigenvalue weighted by molar-refractivity contribution is 6.04. The van der Waals surface area contributed by atoms with Crippen LogP contribution in [0.2, 0.25) is 0 Å². The van der Waals surface area contributed by atoms with E-state index in [0.29, 0.717) is 17.8 Å². The molecule has 7 heteroatoms. The molecule has 2 aromatic carbocycles. The number of carbonyl (C=O) groups excluding carboxylic acids is 2. The molecule has 0 heterocycles. The molecule has 27 heavy (non-hydrogen) atoms. The van der Waals surface area contributed by atoms with Crippen molar-refractivity contribution < 1.29 is 19.5 Å². The second-order valence-corrected chi connectivity index (χ2v) is 6.24. The van der Waals surface area contributed by atoms with Gasteiger partial charge in [0.1, 0.15) is 0 Å². The Kier molecular flexibility index (Phi) is 7.08. The van der Waals surface area contributed by atoms with Crippen molar-refractivity contribution in [3.63, 3.8) is 0 Å². The second kappa shape index (κ2) is 9.49. The molecule has 2 aromatic rings. The monoisotopic (exact) mass is 369 g/mol. The maximum Gasteiger partial charge on any atom is 0.303 e. The van der Waals surface area contributed by atoms with Crippen LogP contribution in [-0.4, -0.2) is 28.9 Å². The molecular formula is C20H23N3O4. The van der Waals surface area contributed by atoms with E-state index >= 15 is 0 Å². The first-order chi connectivity index (χ1) is 12.9. The van der Waals surface area contributed by atoms with Gasteiger partial charge in [-0.15, -0.1) is 0 Å². The third kappa shape index (κ3) is 6.23. The van der Waals surface area contributed by atoms with E-state index in [1.54, 1.807) is 24.3 Å². The summed E-state index contributed by atoms with van der Waals surface area (Å²) in [5.74, 6) is -1.88. The smallest absolute Gasteiger partial charge is 0.303 e. The molecule has 2 rings (SSSR count). The Morgan fingerprint density at radius 2 is 1.74 bits per heavy atom. The number of aliphatic carboxylic acids is 1. The number of carboxylic acid groups (broad SMARTS) is 1. The molecule has 7 nitrogen and oxygen atoms in total. The average Bonchev–Trinajstić information content (AvgIpc) is 2.65. The number of carbonyl (C=O) groups is 3. The third-order valence-corrected chi connectivity index (χ3v) is 4.01. The SMILES string of the molecule is Cc1ccc(CNC(=O)c2ccccc2NC(=O)[C@@H](N)CCC(=O)O)cc1. The number of nitrogens with two attached hydrogens (primary N) is 1. The number of benzene rings is 2. The number of nitrogens with one attached hydrogen (secondary N) is 2. The first kappa shape index (κ1) is 20.1. The summed E-state index contributed by atoms with van der Waals surface area (Å²) < 4.78 is 0. The lowest BCUT2D eigenvalue weighted by molar-refractivity contribution is -0.137. The van der Waals surface area contributed by atoms with E-state index in [2.05, 4.69) is 10.6 Å². The summed E-state index contributed by atoms with van der Waals surface area (Å²) in [6.07, 6.45) is -0.184. The van der Waals surface area contributed by atoms with Crippen molar-refractivity contribution in [1.82, 2.24) is 5.32 Å². The predicted octanol–water partition coefficient (Wildman–Crippen LogP) is 2.06. The van der Waals surface area contributed by atoms with Gasteiger partial charge in [-0.3, -0.25) is 14.4 Å². The fourth-order valence-corrected chi connectivity index (χ4v) is 2.41. The number of aryl methyl sites for hydroxylation is 1. The zero-order valence-corrected chi connectivity index (χ0v) is 15.1. The lowest BCUT2D eigenvalue weighted by Gasteiger charge is -2.14. The van der Waals surface area contributed by atoms with Crippen LogP contribution in [0.5, 0.6) is 0 Å². The number of para-hydroxylation sites is 1. The number of amides is 2. The van der Waals surface area contributed by atoms with Crippen molar-refractivity contribution in [2.75, 3.05) is 5.32 Å². The van der Waals surface area contributed by atoms with E-state index in [1.807, 2.05) is 31.2 Å². The van der Waals surface area contributed by atoms with Gasteiger partial charge in [0.15, 0.2) is 0 Å². The van der Waals surface area contributed by atoms with E-state index in [4.69, 9.17) is 10.8 Å². The molecule has 1 atom stereocenters. The van der Waals surface area contributed by atoms with Crippen molar-refractivity contribution in [3.05, 3.63) is 65.2 Å². The number of carboxylic acids is 1. The molecule has 0 radical (unpaired) electrons. The minimum absolute atomic E-state index is 0.0168. The number of rotatable bonds is 8. The van der Waals surface area contributed by atoms with Crippen molar-refractivity contribution in [3.8, 4) is 0 Å². The number of hydrogen-bond donors (Lipinski definition) is 4. The van der Waals surface area contributed by atoms with Gasteiger partial charge in [-0.1, -0.05) is 42.0 Å². The molecule has 0 saturated carbocycles. The minimum Gasteiger partial charge on any atom is -0.481 e. The summed E-state index contributed by atoms with van der Waals surface area (Å²) in [7, 11) is 0. The first-order valence-electron chi connectivity index (χ1n) is 8.58. The molecule has 0 fully saturated rings. The molecule has 0 spiro atoms. The molecule has 0 saturated heterocycles. The summed E-state index contributed by atoms with van der Waals surface area (Å²) in [4.78, 5) is 35.2. The zero-order valence-electron chi connectivity index (χ0n) is 15.1. The quantitative estimate of drug-likeness (QED) is 0.567.